The Bertz CT molecular complexity index is 831. The topological polar surface area (TPSA) is 142 Å². The third-order valence-electron chi connectivity index (χ3n) is 4.01. The molecule has 2 aromatic rings. The summed E-state index contributed by atoms with van der Waals surface area (Å²) in [6, 6.07) is 10.6. The molecule has 0 aromatic heterocycles. The summed E-state index contributed by atoms with van der Waals surface area (Å²) in [6.07, 6.45) is -3.85. The third kappa shape index (κ3) is 5.66. The monoisotopic (exact) mass is 392 g/mol. The predicted molar refractivity (Wildman–Crippen MR) is 98.0 cm³/mol. The molecule has 0 aliphatic carbocycles. The summed E-state index contributed by atoms with van der Waals surface area (Å²) in [5.74, 6) is -2.36. The van der Waals surface area contributed by atoms with Gasteiger partial charge < -0.3 is 31.1 Å². The number of carbonyl (C=O) groups excluding carboxylic acids is 1. The summed E-state index contributed by atoms with van der Waals surface area (Å²) in [6.45, 7) is 0.0441. The Morgan fingerprint density at radius 3 is 2.50 bits per heavy atom. The standard InChI is InChI=1S/C19H21FN2O6/c20-12-8-13(16(21)14(9-12)18(25)26)17(24)15(23)6-7-22-19(27)28-10-11-4-2-1-3-5-11/h1-5,8-9,15,17,23-24H,6-7,10,21H2,(H,22,27)(H,25,26). The van der Waals surface area contributed by atoms with E-state index in [2.05, 4.69) is 5.32 Å². The largest absolute Gasteiger partial charge is 0.478 e. The lowest BCUT2D eigenvalue weighted by atomic mass is 9.97. The van der Waals surface area contributed by atoms with Crippen LogP contribution in [0, 0.1) is 5.82 Å². The maximum atomic E-state index is 13.6. The first-order valence-corrected chi connectivity index (χ1v) is 8.42. The number of carboxylic acids is 1. The maximum absolute atomic E-state index is 13.6. The molecule has 0 saturated heterocycles. The SMILES string of the molecule is Nc1c(C(=O)O)cc(F)cc1C(O)C(O)CCNC(=O)OCc1ccccc1. The molecule has 6 N–H and O–H groups in total. The predicted octanol–water partition coefficient (Wildman–Crippen LogP) is 1.82. The Kier molecular flexibility index (Phi) is 7.30. The number of anilines is 1. The molecule has 9 heteroatoms. The highest BCUT2D eigenvalue weighted by atomic mass is 19.1. The van der Waals surface area contributed by atoms with Crippen LogP contribution in [0.5, 0.6) is 0 Å². The molecule has 0 aliphatic heterocycles. The number of halogens is 1. The zero-order chi connectivity index (χ0) is 20.7. The number of carboxylic acid groups (broad SMARTS) is 1. The molecule has 2 unspecified atom stereocenters. The van der Waals surface area contributed by atoms with E-state index >= 15 is 0 Å². The fraction of sp³-hybridized carbons (Fsp3) is 0.263. The lowest BCUT2D eigenvalue weighted by molar-refractivity contribution is 0.0138. The van der Waals surface area contributed by atoms with Crippen molar-refractivity contribution in [2.24, 2.45) is 0 Å². The number of rotatable bonds is 8. The van der Waals surface area contributed by atoms with Gasteiger partial charge in [-0.15, -0.1) is 0 Å². The second-order valence-electron chi connectivity index (χ2n) is 6.05. The summed E-state index contributed by atoms with van der Waals surface area (Å²) >= 11 is 0. The van der Waals surface area contributed by atoms with Gasteiger partial charge in [-0.05, 0) is 24.1 Å². The van der Waals surface area contributed by atoms with Gasteiger partial charge in [0, 0.05) is 12.1 Å². The number of benzene rings is 2. The lowest BCUT2D eigenvalue weighted by Gasteiger charge is -2.20. The van der Waals surface area contributed by atoms with Gasteiger partial charge in [-0.3, -0.25) is 0 Å². The van der Waals surface area contributed by atoms with E-state index in [4.69, 9.17) is 15.6 Å². The van der Waals surface area contributed by atoms with Crippen molar-refractivity contribution in [2.45, 2.75) is 25.2 Å². The van der Waals surface area contributed by atoms with Crippen LogP contribution in [0.3, 0.4) is 0 Å². The first kappa shape index (κ1) is 21.1. The third-order valence-corrected chi connectivity index (χ3v) is 4.01. The number of aliphatic hydroxyl groups is 2. The van der Waals surface area contributed by atoms with Crippen molar-refractivity contribution in [1.82, 2.24) is 5.32 Å². The van der Waals surface area contributed by atoms with Gasteiger partial charge in [-0.1, -0.05) is 30.3 Å². The number of alkyl carbamates (subject to hydrolysis) is 1. The number of nitrogen functional groups attached to an aromatic ring is 1. The fourth-order valence-corrected chi connectivity index (χ4v) is 2.52. The maximum Gasteiger partial charge on any atom is 0.407 e. The molecule has 0 spiro atoms. The molecular weight excluding hydrogens is 371 g/mol. The molecule has 0 bridgehead atoms. The number of nitrogens with one attached hydrogen (secondary N) is 1. The van der Waals surface area contributed by atoms with Crippen molar-refractivity contribution in [1.29, 1.82) is 0 Å². The molecule has 0 aliphatic rings. The average Bonchev–Trinajstić information content (AvgIpc) is 2.67. The van der Waals surface area contributed by atoms with Gasteiger partial charge in [0.25, 0.3) is 0 Å². The first-order chi connectivity index (χ1) is 13.3. The number of nitrogens with two attached hydrogens (primary N) is 1. The van der Waals surface area contributed by atoms with Gasteiger partial charge in [-0.2, -0.15) is 0 Å². The van der Waals surface area contributed by atoms with Crippen molar-refractivity contribution < 1.29 is 34.0 Å². The summed E-state index contributed by atoms with van der Waals surface area (Å²) in [5.41, 5.74) is 5.38. The van der Waals surface area contributed by atoms with Crippen LogP contribution in [0.15, 0.2) is 42.5 Å². The van der Waals surface area contributed by atoms with Crippen LogP contribution < -0.4 is 11.1 Å². The van der Waals surface area contributed by atoms with Gasteiger partial charge >= 0.3 is 12.1 Å². The van der Waals surface area contributed by atoms with E-state index < -0.39 is 35.7 Å². The van der Waals surface area contributed by atoms with Gasteiger partial charge in [0.2, 0.25) is 0 Å². The van der Waals surface area contributed by atoms with Crippen molar-refractivity contribution in [3.63, 3.8) is 0 Å². The molecule has 0 radical (unpaired) electrons. The van der Waals surface area contributed by atoms with Gasteiger partial charge in [0.1, 0.15) is 18.5 Å². The summed E-state index contributed by atoms with van der Waals surface area (Å²) in [7, 11) is 0. The van der Waals surface area contributed by atoms with Crippen molar-refractivity contribution in [3.05, 3.63) is 65.0 Å². The number of aromatic carboxylic acids is 1. The Labute approximate surface area is 160 Å². The highest BCUT2D eigenvalue weighted by molar-refractivity contribution is 5.94. The number of hydrogen-bond acceptors (Lipinski definition) is 6. The number of hydrogen-bond donors (Lipinski definition) is 5. The van der Waals surface area contributed by atoms with E-state index in [9.17, 15) is 24.2 Å². The van der Waals surface area contributed by atoms with Gasteiger partial charge in [0.05, 0.1) is 17.4 Å². The van der Waals surface area contributed by atoms with Crippen molar-refractivity contribution >= 4 is 17.7 Å². The number of carbonyl (C=O) groups is 2. The number of aliphatic hydroxyl groups excluding tert-OH is 2. The molecule has 150 valence electrons. The Morgan fingerprint density at radius 1 is 1.18 bits per heavy atom. The van der Waals surface area contributed by atoms with Crippen LogP contribution >= 0.6 is 0 Å². The molecule has 0 heterocycles. The van der Waals surface area contributed by atoms with E-state index in [0.29, 0.717) is 0 Å². The minimum absolute atomic E-state index is 0.0349. The highest BCUT2D eigenvalue weighted by Crippen LogP contribution is 2.28. The molecule has 2 aromatic carbocycles. The fourth-order valence-electron chi connectivity index (χ4n) is 2.52. The zero-order valence-electron chi connectivity index (χ0n) is 14.8. The lowest BCUT2D eigenvalue weighted by Crippen LogP contribution is -2.30. The minimum Gasteiger partial charge on any atom is -0.478 e. The second-order valence-corrected chi connectivity index (χ2v) is 6.05. The normalized spacial score (nSPS) is 12.8. The van der Waals surface area contributed by atoms with E-state index in [1.807, 2.05) is 18.2 Å². The first-order valence-electron chi connectivity index (χ1n) is 8.42. The summed E-state index contributed by atoms with van der Waals surface area (Å²) < 4.78 is 18.6. The quantitative estimate of drug-likeness (QED) is 0.431. The zero-order valence-corrected chi connectivity index (χ0v) is 14.8. The molecule has 1 amide bonds. The van der Waals surface area contributed by atoms with E-state index in [1.54, 1.807) is 12.1 Å². The summed E-state index contributed by atoms with van der Waals surface area (Å²) in [4.78, 5) is 22.7. The van der Waals surface area contributed by atoms with E-state index in [0.717, 1.165) is 17.7 Å². The molecule has 2 rings (SSSR count). The Morgan fingerprint density at radius 2 is 1.86 bits per heavy atom. The number of ether oxygens (including phenoxy) is 1. The van der Waals surface area contributed by atoms with Crippen LogP contribution in [0.4, 0.5) is 14.9 Å². The highest BCUT2D eigenvalue weighted by Gasteiger charge is 2.24. The Hall–Kier alpha value is -3.17. The van der Waals surface area contributed by atoms with Crippen LogP contribution in [0.2, 0.25) is 0 Å². The second kappa shape index (κ2) is 9.67. The van der Waals surface area contributed by atoms with E-state index in [-0.39, 0.29) is 30.8 Å². The molecular formula is C19H21FN2O6. The molecule has 2 atom stereocenters. The molecule has 0 saturated carbocycles. The van der Waals surface area contributed by atoms with Gasteiger partial charge in [-0.25, -0.2) is 14.0 Å². The minimum atomic E-state index is -1.63. The van der Waals surface area contributed by atoms with Gasteiger partial charge in [0.15, 0.2) is 0 Å². The Balaban J connectivity index is 1.86. The van der Waals surface area contributed by atoms with Crippen LogP contribution in [0.25, 0.3) is 0 Å². The molecule has 8 nitrogen and oxygen atoms in total. The van der Waals surface area contributed by atoms with Crippen LogP contribution in [-0.2, 0) is 11.3 Å². The average molecular weight is 392 g/mol. The summed E-state index contributed by atoms with van der Waals surface area (Å²) in [5, 5.41) is 31.7. The molecule has 28 heavy (non-hydrogen) atoms. The molecule has 0 fully saturated rings. The van der Waals surface area contributed by atoms with Crippen molar-refractivity contribution in [3.8, 4) is 0 Å². The number of amides is 1. The smallest absolute Gasteiger partial charge is 0.407 e. The van der Waals surface area contributed by atoms with Crippen molar-refractivity contribution in [2.75, 3.05) is 12.3 Å². The van der Waals surface area contributed by atoms with Crippen LogP contribution in [0.1, 0.15) is 34.0 Å². The van der Waals surface area contributed by atoms with E-state index in [1.165, 1.54) is 0 Å². The van der Waals surface area contributed by atoms with Crippen LogP contribution in [-0.4, -0.2) is 40.0 Å².